The predicted molar refractivity (Wildman–Crippen MR) is 66.9 cm³/mol. The molecule has 0 aromatic heterocycles. The van der Waals surface area contributed by atoms with Gasteiger partial charge in [-0.2, -0.15) is 0 Å². The molecule has 4 nitrogen and oxygen atoms in total. The maximum atomic E-state index is 11.2. The SMILES string of the molecule is CCOC(=O)NCC1CC(C(C)C)CC(C)O1. The first kappa shape index (κ1) is 14.3. The Labute approximate surface area is 104 Å². The summed E-state index contributed by atoms with van der Waals surface area (Å²) < 4.78 is 10.7. The van der Waals surface area contributed by atoms with E-state index in [0.29, 0.717) is 25.0 Å². The molecule has 100 valence electrons. The summed E-state index contributed by atoms with van der Waals surface area (Å²) in [6.07, 6.45) is 2.19. The minimum atomic E-state index is -0.351. The lowest BCUT2D eigenvalue weighted by Gasteiger charge is -2.35. The molecule has 3 atom stereocenters. The molecular formula is C13H25NO3. The number of amides is 1. The Morgan fingerprint density at radius 1 is 1.47 bits per heavy atom. The van der Waals surface area contributed by atoms with Crippen molar-refractivity contribution in [1.82, 2.24) is 5.32 Å². The van der Waals surface area contributed by atoms with Gasteiger partial charge in [0, 0.05) is 6.54 Å². The molecule has 0 aromatic rings. The largest absolute Gasteiger partial charge is 0.450 e. The highest BCUT2D eigenvalue weighted by Crippen LogP contribution is 2.30. The van der Waals surface area contributed by atoms with Gasteiger partial charge in [0.1, 0.15) is 0 Å². The fourth-order valence-electron chi connectivity index (χ4n) is 2.35. The molecule has 0 aliphatic carbocycles. The van der Waals surface area contributed by atoms with Gasteiger partial charge in [0.25, 0.3) is 0 Å². The number of nitrogens with one attached hydrogen (secondary N) is 1. The van der Waals surface area contributed by atoms with E-state index in [1.807, 2.05) is 0 Å². The summed E-state index contributed by atoms with van der Waals surface area (Å²) in [6, 6.07) is 0. The van der Waals surface area contributed by atoms with Gasteiger partial charge < -0.3 is 14.8 Å². The van der Waals surface area contributed by atoms with E-state index in [0.717, 1.165) is 12.8 Å². The van der Waals surface area contributed by atoms with E-state index >= 15 is 0 Å². The number of carbonyl (C=O) groups excluding carboxylic acids is 1. The second-order valence-corrected chi connectivity index (χ2v) is 5.15. The first-order valence-corrected chi connectivity index (χ1v) is 6.59. The van der Waals surface area contributed by atoms with Crippen LogP contribution in [0.15, 0.2) is 0 Å². The molecule has 1 aliphatic heterocycles. The van der Waals surface area contributed by atoms with E-state index in [1.54, 1.807) is 6.92 Å². The highest BCUT2D eigenvalue weighted by molar-refractivity contribution is 5.67. The van der Waals surface area contributed by atoms with E-state index in [1.165, 1.54) is 0 Å². The number of hydrogen-bond acceptors (Lipinski definition) is 3. The normalized spacial score (nSPS) is 29.1. The van der Waals surface area contributed by atoms with E-state index in [2.05, 4.69) is 26.1 Å². The fraction of sp³-hybridized carbons (Fsp3) is 0.923. The van der Waals surface area contributed by atoms with Crippen LogP contribution in [0.3, 0.4) is 0 Å². The van der Waals surface area contributed by atoms with Gasteiger partial charge >= 0.3 is 6.09 Å². The average Bonchev–Trinajstić information content (AvgIpc) is 2.26. The van der Waals surface area contributed by atoms with Crippen molar-refractivity contribution in [3.63, 3.8) is 0 Å². The summed E-state index contributed by atoms with van der Waals surface area (Å²) >= 11 is 0. The van der Waals surface area contributed by atoms with Crippen LogP contribution < -0.4 is 5.32 Å². The number of hydrogen-bond donors (Lipinski definition) is 1. The van der Waals surface area contributed by atoms with E-state index in [4.69, 9.17) is 9.47 Å². The van der Waals surface area contributed by atoms with Gasteiger partial charge in [-0.15, -0.1) is 0 Å². The Hall–Kier alpha value is -0.770. The lowest BCUT2D eigenvalue weighted by atomic mass is 9.83. The molecular weight excluding hydrogens is 218 g/mol. The van der Waals surface area contributed by atoms with Crippen molar-refractivity contribution >= 4 is 6.09 Å². The van der Waals surface area contributed by atoms with Crippen molar-refractivity contribution in [2.75, 3.05) is 13.2 Å². The highest BCUT2D eigenvalue weighted by atomic mass is 16.5. The van der Waals surface area contributed by atoms with Crippen LogP contribution in [0.2, 0.25) is 0 Å². The van der Waals surface area contributed by atoms with Crippen LogP contribution in [-0.2, 0) is 9.47 Å². The molecule has 4 heteroatoms. The molecule has 3 unspecified atom stereocenters. The number of alkyl carbamates (subject to hydrolysis) is 1. The Morgan fingerprint density at radius 3 is 2.76 bits per heavy atom. The van der Waals surface area contributed by atoms with E-state index in [-0.39, 0.29) is 18.3 Å². The standard InChI is InChI=1S/C13H25NO3/c1-5-16-13(15)14-8-12-7-11(9(2)3)6-10(4)17-12/h9-12H,5-8H2,1-4H3,(H,14,15). The van der Waals surface area contributed by atoms with Crippen LogP contribution >= 0.6 is 0 Å². The molecule has 1 aliphatic rings. The summed E-state index contributed by atoms with van der Waals surface area (Å²) in [4.78, 5) is 11.2. The molecule has 0 saturated carbocycles. The maximum Gasteiger partial charge on any atom is 0.407 e. The van der Waals surface area contributed by atoms with Crippen molar-refractivity contribution < 1.29 is 14.3 Å². The van der Waals surface area contributed by atoms with Crippen LogP contribution in [-0.4, -0.2) is 31.5 Å². The quantitative estimate of drug-likeness (QED) is 0.825. The predicted octanol–water partition coefficient (Wildman–Crippen LogP) is 2.57. The Kier molecular flexibility index (Phi) is 5.75. The number of ether oxygens (including phenoxy) is 2. The lowest BCUT2D eigenvalue weighted by molar-refractivity contribution is -0.0677. The first-order chi connectivity index (χ1) is 8.02. The van der Waals surface area contributed by atoms with Crippen molar-refractivity contribution in [3.05, 3.63) is 0 Å². The van der Waals surface area contributed by atoms with Gasteiger partial charge in [-0.3, -0.25) is 0 Å². The number of carbonyl (C=O) groups is 1. The van der Waals surface area contributed by atoms with Gasteiger partial charge in [-0.25, -0.2) is 4.79 Å². The Balaban J connectivity index is 2.35. The highest BCUT2D eigenvalue weighted by Gasteiger charge is 2.29. The summed E-state index contributed by atoms with van der Waals surface area (Å²) in [5.41, 5.74) is 0. The molecule has 0 aromatic carbocycles. The molecule has 1 amide bonds. The van der Waals surface area contributed by atoms with Crippen LogP contribution in [0.1, 0.15) is 40.5 Å². The monoisotopic (exact) mass is 243 g/mol. The third-order valence-electron chi connectivity index (χ3n) is 3.32. The van der Waals surface area contributed by atoms with Crippen LogP contribution in [0.5, 0.6) is 0 Å². The van der Waals surface area contributed by atoms with E-state index in [9.17, 15) is 4.79 Å². The second kappa shape index (κ2) is 6.84. The van der Waals surface area contributed by atoms with Crippen LogP contribution in [0, 0.1) is 11.8 Å². The summed E-state index contributed by atoms with van der Waals surface area (Å²) in [7, 11) is 0. The number of rotatable bonds is 4. The topological polar surface area (TPSA) is 47.6 Å². The molecule has 1 heterocycles. The molecule has 1 fully saturated rings. The molecule has 1 N–H and O–H groups in total. The molecule has 1 rings (SSSR count). The fourth-order valence-corrected chi connectivity index (χ4v) is 2.35. The van der Waals surface area contributed by atoms with Crippen LogP contribution in [0.4, 0.5) is 4.79 Å². The molecule has 1 saturated heterocycles. The van der Waals surface area contributed by atoms with Crippen LogP contribution in [0.25, 0.3) is 0 Å². The van der Waals surface area contributed by atoms with Gasteiger partial charge in [0.2, 0.25) is 0 Å². The zero-order valence-corrected chi connectivity index (χ0v) is 11.4. The lowest BCUT2D eigenvalue weighted by Crippen LogP contribution is -2.41. The van der Waals surface area contributed by atoms with Crippen molar-refractivity contribution in [2.24, 2.45) is 11.8 Å². The zero-order valence-electron chi connectivity index (χ0n) is 11.4. The molecule has 0 spiro atoms. The minimum absolute atomic E-state index is 0.121. The van der Waals surface area contributed by atoms with Crippen molar-refractivity contribution in [1.29, 1.82) is 0 Å². The summed E-state index contributed by atoms with van der Waals surface area (Å²) in [6.45, 7) is 9.35. The summed E-state index contributed by atoms with van der Waals surface area (Å²) in [5, 5.41) is 2.75. The third kappa shape index (κ3) is 4.94. The third-order valence-corrected chi connectivity index (χ3v) is 3.32. The van der Waals surface area contributed by atoms with Gasteiger partial charge in [-0.05, 0) is 38.5 Å². The van der Waals surface area contributed by atoms with Gasteiger partial charge in [-0.1, -0.05) is 13.8 Å². The van der Waals surface area contributed by atoms with Crippen molar-refractivity contribution in [2.45, 2.75) is 52.7 Å². The van der Waals surface area contributed by atoms with E-state index < -0.39 is 0 Å². The Bertz CT molecular complexity index is 243. The summed E-state index contributed by atoms with van der Waals surface area (Å²) in [5.74, 6) is 1.36. The average molecular weight is 243 g/mol. The van der Waals surface area contributed by atoms with Gasteiger partial charge in [0.05, 0.1) is 18.8 Å². The maximum absolute atomic E-state index is 11.2. The smallest absolute Gasteiger partial charge is 0.407 e. The molecule has 0 bridgehead atoms. The minimum Gasteiger partial charge on any atom is -0.450 e. The second-order valence-electron chi connectivity index (χ2n) is 5.15. The zero-order chi connectivity index (χ0) is 12.8. The van der Waals surface area contributed by atoms with Crippen molar-refractivity contribution in [3.8, 4) is 0 Å². The van der Waals surface area contributed by atoms with Gasteiger partial charge in [0.15, 0.2) is 0 Å². The Morgan fingerprint density at radius 2 is 2.18 bits per heavy atom. The first-order valence-electron chi connectivity index (χ1n) is 6.59. The molecule has 0 radical (unpaired) electrons. The molecule has 17 heavy (non-hydrogen) atoms.